The van der Waals surface area contributed by atoms with Crippen molar-refractivity contribution in [2.24, 2.45) is 5.84 Å². The number of hydrogen-bond acceptors (Lipinski definition) is 5. The molecule has 0 atom stereocenters. The molecule has 0 aliphatic heterocycles. The lowest BCUT2D eigenvalue weighted by Crippen LogP contribution is -2.33. The molecule has 0 saturated heterocycles. The Morgan fingerprint density at radius 1 is 1.25 bits per heavy atom. The third kappa shape index (κ3) is 2.91. The van der Waals surface area contributed by atoms with Gasteiger partial charge in [-0.25, -0.2) is 20.2 Å². The first kappa shape index (κ1) is 15.1. The van der Waals surface area contributed by atoms with Crippen molar-refractivity contribution in [2.75, 3.05) is 12.0 Å². The maximum atomic E-state index is 13.8. The van der Waals surface area contributed by atoms with Gasteiger partial charge < -0.3 is 10.2 Å². The minimum absolute atomic E-state index is 0.0378. The first-order valence-electron chi connectivity index (χ1n) is 7.28. The molecule has 0 bridgehead atoms. The summed E-state index contributed by atoms with van der Waals surface area (Å²) >= 11 is 0. The van der Waals surface area contributed by atoms with Crippen molar-refractivity contribution >= 4 is 5.82 Å². The van der Waals surface area contributed by atoms with Gasteiger partial charge in [0.1, 0.15) is 5.60 Å². The van der Waals surface area contributed by atoms with E-state index in [1.807, 2.05) is 6.92 Å². The molecule has 3 N–H and O–H groups in total. The van der Waals surface area contributed by atoms with Crippen molar-refractivity contribution in [3.63, 3.8) is 0 Å². The highest BCUT2D eigenvalue weighted by Crippen LogP contribution is 2.38. The minimum Gasteiger partial charge on any atom is -0.367 e. The Hall–Kier alpha value is -1.27. The second-order valence-electron chi connectivity index (χ2n) is 5.28. The summed E-state index contributed by atoms with van der Waals surface area (Å²) in [6.07, 6.45) is 6.27. The predicted molar refractivity (Wildman–Crippen MR) is 75.5 cm³/mol. The average Bonchev–Trinajstić information content (AvgIpc) is 2.68. The number of aromatic nitrogens is 2. The van der Waals surface area contributed by atoms with Gasteiger partial charge in [-0.1, -0.05) is 25.7 Å². The van der Waals surface area contributed by atoms with Crippen LogP contribution in [0.1, 0.15) is 57.0 Å². The van der Waals surface area contributed by atoms with Gasteiger partial charge in [-0.05, 0) is 26.7 Å². The van der Waals surface area contributed by atoms with E-state index in [0.717, 1.165) is 25.7 Å². The fourth-order valence-corrected chi connectivity index (χ4v) is 2.87. The number of hydrogen-bond donors (Lipinski definition) is 2. The van der Waals surface area contributed by atoms with E-state index < -0.39 is 11.4 Å². The number of nitrogens with zero attached hydrogens (tertiary/aromatic N) is 2. The van der Waals surface area contributed by atoms with E-state index in [4.69, 9.17) is 10.6 Å². The third-order valence-corrected chi connectivity index (χ3v) is 3.89. The maximum Gasteiger partial charge on any atom is 0.187 e. The number of rotatable bonds is 4. The molecule has 1 aliphatic carbocycles. The zero-order chi connectivity index (χ0) is 14.6. The topological polar surface area (TPSA) is 73.1 Å². The first-order chi connectivity index (χ1) is 9.63. The van der Waals surface area contributed by atoms with Gasteiger partial charge in [0, 0.05) is 6.61 Å². The Morgan fingerprint density at radius 2 is 1.90 bits per heavy atom. The number of hydrazine groups is 1. The minimum atomic E-state index is -0.505. The van der Waals surface area contributed by atoms with E-state index in [2.05, 4.69) is 15.4 Å². The van der Waals surface area contributed by atoms with Gasteiger partial charge in [0.2, 0.25) is 0 Å². The molecule has 0 amide bonds. The summed E-state index contributed by atoms with van der Waals surface area (Å²) in [6.45, 7) is 4.17. The van der Waals surface area contributed by atoms with Crippen LogP contribution < -0.4 is 11.3 Å². The lowest BCUT2D eigenvalue weighted by molar-refractivity contribution is -0.0625. The summed E-state index contributed by atoms with van der Waals surface area (Å²) in [6, 6.07) is 0. The summed E-state index contributed by atoms with van der Waals surface area (Å²) in [5, 5.41) is 0. The van der Waals surface area contributed by atoms with Crippen molar-refractivity contribution in [1.29, 1.82) is 0 Å². The van der Waals surface area contributed by atoms with Gasteiger partial charge in [0.25, 0.3) is 0 Å². The second kappa shape index (κ2) is 6.45. The second-order valence-corrected chi connectivity index (χ2v) is 5.28. The van der Waals surface area contributed by atoms with Crippen LogP contribution in [0, 0.1) is 12.7 Å². The fraction of sp³-hybridized carbons (Fsp3) is 0.714. The van der Waals surface area contributed by atoms with Gasteiger partial charge in [-0.15, -0.1) is 0 Å². The fourth-order valence-electron chi connectivity index (χ4n) is 2.87. The zero-order valence-electron chi connectivity index (χ0n) is 12.2. The van der Waals surface area contributed by atoms with Gasteiger partial charge >= 0.3 is 0 Å². The van der Waals surface area contributed by atoms with Crippen LogP contribution in [0.25, 0.3) is 0 Å². The smallest absolute Gasteiger partial charge is 0.187 e. The van der Waals surface area contributed by atoms with Gasteiger partial charge in [0.05, 0.1) is 5.69 Å². The van der Waals surface area contributed by atoms with E-state index in [1.54, 1.807) is 6.92 Å². The average molecular weight is 282 g/mol. The largest absolute Gasteiger partial charge is 0.367 e. The van der Waals surface area contributed by atoms with E-state index in [1.165, 1.54) is 12.8 Å². The molecule has 0 aromatic carbocycles. The van der Waals surface area contributed by atoms with E-state index in [-0.39, 0.29) is 5.82 Å². The number of nitrogens with two attached hydrogens (primary N) is 1. The number of anilines is 1. The van der Waals surface area contributed by atoms with Crippen molar-refractivity contribution in [3.05, 3.63) is 17.3 Å². The summed E-state index contributed by atoms with van der Waals surface area (Å²) in [4.78, 5) is 8.59. The summed E-state index contributed by atoms with van der Waals surface area (Å²) in [5.74, 6) is 5.43. The molecule has 0 radical (unpaired) electrons. The predicted octanol–water partition coefficient (Wildman–Crippen LogP) is 2.80. The molecule has 0 spiro atoms. The molecule has 20 heavy (non-hydrogen) atoms. The van der Waals surface area contributed by atoms with Crippen molar-refractivity contribution in [3.8, 4) is 0 Å². The zero-order valence-corrected chi connectivity index (χ0v) is 12.2. The molecule has 1 aromatic rings. The van der Waals surface area contributed by atoms with Crippen LogP contribution in [0.5, 0.6) is 0 Å². The molecule has 1 aliphatic rings. The van der Waals surface area contributed by atoms with Crippen LogP contribution >= 0.6 is 0 Å². The molecular weight excluding hydrogens is 259 g/mol. The summed E-state index contributed by atoms with van der Waals surface area (Å²) in [7, 11) is 0. The lowest BCUT2D eigenvalue weighted by atomic mass is 9.92. The van der Waals surface area contributed by atoms with Gasteiger partial charge in [0.15, 0.2) is 17.5 Å². The van der Waals surface area contributed by atoms with Crippen molar-refractivity contribution in [2.45, 2.75) is 58.0 Å². The highest BCUT2D eigenvalue weighted by Gasteiger charge is 2.37. The summed E-state index contributed by atoms with van der Waals surface area (Å²) < 4.78 is 19.8. The van der Waals surface area contributed by atoms with Crippen LogP contribution in [0.3, 0.4) is 0 Å². The Balaban J connectivity index is 2.45. The Bertz CT molecular complexity index is 459. The Morgan fingerprint density at radius 3 is 2.45 bits per heavy atom. The monoisotopic (exact) mass is 282 g/mol. The highest BCUT2D eigenvalue weighted by molar-refractivity contribution is 5.37. The molecule has 0 unspecified atom stereocenters. The number of nitrogen functional groups attached to an aromatic ring is 1. The van der Waals surface area contributed by atoms with Crippen LogP contribution in [0.4, 0.5) is 10.2 Å². The molecule has 5 nitrogen and oxygen atoms in total. The van der Waals surface area contributed by atoms with Crippen LogP contribution in [0.15, 0.2) is 0 Å². The van der Waals surface area contributed by atoms with E-state index >= 15 is 0 Å². The summed E-state index contributed by atoms with van der Waals surface area (Å²) in [5.41, 5.74) is 2.10. The molecule has 6 heteroatoms. The quantitative estimate of drug-likeness (QED) is 0.504. The van der Waals surface area contributed by atoms with Gasteiger partial charge in [-0.2, -0.15) is 0 Å². The molecule has 1 aromatic heterocycles. The number of halogens is 1. The molecular formula is C14H23FN4O. The van der Waals surface area contributed by atoms with Crippen LogP contribution in [-0.2, 0) is 10.3 Å². The van der Waals surface area contributed by atoms with Crippen molar-refractivity contribution < 1.29 is 9.13 Å². The lowest BCUT2D eigenvalue weighted by Gasteiger charge is -2.31. The van der Waals surface area contributed by atoms with Crippen LogP contribution in [0.2, 0.25) is 0 Å². The first-order valence-corrected chi connectivity index (χ1v) is 7.28. The number of nitrogens with one attached hydrogen (secondary N) is 1. The van der Waals surface area contributed by atoms with E-state index in [0.29, 0.717) is 18.1 Å². The third-order valence-electron chi connectivity index (χ3n) is 3.89. The standard InChI is InChI=1S/C14H23FN4O/c1-3-20-14(8-6-4-5-7-9-14)13-17-10(2)11(15)12(18-13)19-16/h3-9,16H2,1-2H3,(H,17,18,19). The molecule has 1 saturated carbocycles. The van der Waals surface area contributed by atoms with E-state index in [9.17, 15) is 4.39 Å². The highest BCUT2D eigenvalue weighted by atomic mass is 19.1. The SMILES string of the molecule is CCOC1(c2nc(C)c(F)c(NN)n2)CCCCCC1. The maximum absolute atomic E-state index is 13.8. The van der Waals surface area contributed by atoms with Crippen molar-refractivity contribution in [1.82, 2.24) is 9.97 Å². The Labute approximate surface area is 119 Å². The van der Waals surface area contributed by atoms with Crippen LogP contribution in [-0.4, -0.2) is 16.6 Å². The Kier molecular flexibility index (Phi) is 4.88. The molecule has 2 rings (SSSR count). The molecule has 1 fully saturated rings. The van der Waals surface area contributed by atoms with Gasteiger partial charge in [-0.3, -0.25) is 0 Å². The normalized spacial score (nSPS) is 18.6. The molecule has 1 heterocycles. The number of ether oxygens (including phenoxy) is 1. The molecule has 112 valence electrons. The number of aryl methyl sites for hydroxylation is 1.